The van der Waals surface area contributed by atoms with Crippen LogP contribution in [0.15, 0.2) is 127 Å². The Balaban J connectivity index is 1.18. The molecule has 0 aromatic heterocycles. The van der Waals surface area contributed by atoms with E-state index in [-0.39, 0.29) is 10.8 Å². The minimum Gasteiger partial charge on any atom is -0.0713 e. The third kappa shape index (κ3) is 2.84. The Hall–Kier alpha value is -4.94. The van der Waals surface area contributed by atoms with Gasteiger partial charge in [0, 0.05) is 22.7 Å². The first-order chi connectivity index (χ1) is 22.3. The Kier molecular flexibility index (Phi) is 4.43. The highest BCUT2D eigenvalue weighted by Gasteiger charge is 2.44. The molecule has 0 radical (unpaired) electrons. The highest BCUT2D eigenvalue weighted by atomic mass is 14.5. The predicted octanol–water partition coefficient (Wildman–Crippen LogP) is 12.1. The fourth-order valence-corrected chi connectivity index (χ4v) is 10.1. The molecule has 0 aliphatic heterocycles. The second kappa shape index (κ2) is 8.06. The van der Waals surface area contributed by atoms with E-state index in [0.29, 0.717) is 11.8 Å². The van der Waals surface area contributed by atoms with Gasteiger partial charge in [0.25, 0.3) is 0 Å². The molecule has 0 saturated carbocycles. The van der Waals surface area contributed by atoms with E-state index in [1.165, 1.54) is 99.1 Å². The van der Waals surface area contributed by atoms with Crippen LogP contribution in [0.1, 0.15) is 72.9 Å². The second-order valence-corrected chi connectivity index (χ2v) is 15.2. The summed E-state index contributed by atoms with van der Waals surface area (Å²) in [5, 5.41) is 8.44. The Morgan fingerprint density at radius 1 is 0.457 bits per heavy atom. The van der Waals surface area contributed by atoms with Crippen LogP contribution in [-0.4, -0.2) is 0 Å². The summed E-state index contributed by atoms with van der Waals surface area (Å²) in [5.41, 5.74) is 17.1. The van der Waals surface area contributed by atoms with Crippen LogP contribution in [0.4, 0.5) is 0 Å². The third-order valence-electron chi connectivity index (χ3n) is 12.4. The molecule has 0 fully saturated rings. The van der Waals surface area contributed by atoms with Crippen molar-refractivity contribution in [3.63, 3.8) is 0 Å². The van der Waals surface area contributed by atoms with E-state index in [1.54, 1.807) is 0 Å². The maximum absolute atomic E-state index is 2.64. The Labute approximate surface area is 270 Å². The van der Waals surface area contributed by atoms with Gasteiger partial charge in [-0.05, 0) is 111 Å². The molecule has 4 aliphatic carbocycles. The van der Waals surface area contributed by atoms with Gasteiger partial charge in [0.15, 0.2) is 0 Å². The fourth-order valence-electron chi connectivity index (χ4n) is 10.1. The maximum atomic E-state index is 2.64. The van der Waals surface area contributed by atoms with E-state index in [1.807, 2.05) is 0 Å². The molecule has 0 saturated heterocycles. The summed E-state index contributed by atoms with van der Waals surface area (Å²) < 4.78 is 0. The van der Waals surface area contributed by atoms with Crippen LogP contribution in [0.5, 0.6) is 0 Å². The zero-order valence-corrected chi connectivity index (χ0v) is 26.7. The van der Waals surface area contributed by atoms with Gasteiger partial charge in [-0.1, -0.05) is 137 Å². The number of allylic oxidation sites excluding steroid dienone is 4. The average molecular weight is 587 g/mol. The van der Waals surface area contributed by atoms with Gasteiger partial charge in [0.05, 0.1) is 0 Å². The van der Waals surface area contributed by atoms with Crippen LogP contribution in [0.3, 0.4) is 0 Å². The summed E-state index contributed by atoms with van der Waals surface area (Å²) in [6.45, 7) is 9.58. The van der Waals surface area contributed by atoms with Crippen molar-refractivity contribution in [3.05, 3.63) is 160 Å². The first kappa shape index (κ1) is 25.3. The molecule has 11 rings (SSSR count). The van der Waals surface area contributed by atoms with Crippen LogP contribution >= 0.6 is 0 Å². The van der Waals surface area contributed by atoms with Gasteiger partial charge in [-0.2, -0.15) is 0 Å². The molecule has 2 atom stereocenters. The highest BCUT2D eigenvalue weighted by Crippen LogP contribution is 2.60. The summed E-state index contributed by atoms with van der Waals surface area (Å²) in [7, 11) is 0. The molecule has 0 amide bonds. The van der Waals surface area contributed by atoms with Gasteiger partial charge in [-0.25, -0.2) is 0 Å². The topological polar surface area (TPSA) is 0 Å². The van der Waals surface area contributed by atoms with Crippen molar-refractivity contribution in [1.82, 2.24) is 0 Å². The van der Waals surface area contributed by atoms with E-state index in [4.69, 9.17) is 0 Å². The second-order valence-electron chi connectivity index (χ2n) is 15.2. The molecule has 0 spiro atoms. The van der Waals surface area contributed by atoms with Crippen molar-refractivity contribution in [2.75, 3.05) is 0 Å². The summed E-state index contributed by atoms with van der Waals surface area (Å²) in [5.74, 6) is 0.705. The van der Waals surface area contributed by atoms with Crippen molar-refractivity contribution >= 4 is 37.9 Å². The molecule has 0 nitrogen and oxygen atoms in total. The minimum atomic E-state index is -0.0222. The van der Waals surface area contributed by atoms with Gasteiger partial charge >= 0.3 is 0 Å². The van der Waals surface area contributed by atoms with E-state index in [9.17, 15) is 0 Å². The number of rotatable bonds is 1. The molecule has 0 heterocycles. The first-order valence-electron chi connectivity index (χ1n) is 16.9. The van der Waals surface area contributed by atoms with Crippen LogP contribution in [0.25, 0.3) is 60.1 Å². The van der Waals surface area contributed by atoms with Crippen LogP contribution in [-0.2, 0) is 10.8 Å². The van der Waals surface area contributed by atoms with E-state index >= 15 is 0 Å². The molecule has 2 unspecified atom stereocenters. The van der Waals surface area contributed by atoms with Crippen LogP contribution in [0.2, 0.25) is 0 Å². The van der Waals surface area contributed by atoms with Gasteiger partial charge in [-0.3, -0.25) is 0 Å². The molecule has 218 valence electrons. The Bertz CT molecular complexity index is 2580. The lowest BCUT2D eigenvalue weighted by molar-refractivity contribution is 0.641. The molecule has 46 heavy (non-hydrogen) atoms. The SMILES string of the molecule is CC1(C)C2=CC3c4ccc5ccc6ccc(-c7ccc8c(c7)C(C)(C)c7ccccc7-8)c7cc(c4c5c67)C3C=C2c2ccccc21. The molecule has 0 heteroatoms. The molecule has 0 N–H and O–H groups in total. The lowest BCUT2D eigenvalue weighted by Crippen LogP contribution is -2.18. The zero-order chi connectivity index (χ0) is 30.7. The Morgan fingerprint density at radius 3 is 1.91 bits per heavy atom. The fraction of sp³-hybridized carbons (Fsp3) is 0.174. The normalized spacial score (nSPS) is 20.8. The maximum Gasteiger partial charge on any atom is 0.0159 e. The van der Waals surface area contributed by atoms with Gasteiger partial charge in [-0.15, -0.1) is 0 Å². The van der Waals surface area contributed by atoms with Gasteiger partial charge in [0.1, 0.15) is 0 Å². The number of hydrogen-bond acceptors (Lipinski definition) is 0. The molecule has 7 aromatic carbocycles. The smallest absolute Gasteiger partial charge is 0.0159 e. The van der Waals surface area contributed by atoms with Gasteiger partial charge in [0.2, 0.25) is 0 Å². The van der Waals surface area contributed by atoms with E-state index in [2.05, 4.69) is 149 Å². The molecule has 7 aromatic rings. The molecule has 4 aliphatic rings. The number of fused-ring (bicyclic) bond motifs is 9. The van der Waals surface area contributed by atoms with Crippen molar-refractivity contribution in [3.8, 4) is 22.3 Å². The van der Waals surface area contributed by atoms with Crippen molar-refractivity contribution in [2.45, 2.75) is 50.4 Å². The average Bonchev–Trinajstić information content (AvgIpc) is 3.61. The summed E-state index contributed by atoms with van der Waals surface area (Å²) in [4.78, 5) is 0. The summed E-state index contributed by atoms with van der Waals surface area (Å²) in [6, 6.07) is 42.1. The third-order valence-corrected chi connectivity index (χ3v) is 12.4. The molecular weight excluding hydrogens is 553 g/mol. The predicted molar refractivity (Wildman–Crippen MR) is 194 cm³/mol. The number of benzene rings is 7. The standard InChI is InChI=1S/C46H34/c1-45(2)38-11-7-5-9-29(38)31-19-17-27(21-40(31)45)28-18-15-25-13-14-26-16-20-32-34-24-41-35(30-10-6-8-12-39(30)46(41,3)4)22-33(34)37-23-36(28)42(25)43(26)44(32)37/h5-24,33-34H,1-4H3. The van der Waals surface area contributed by atoms with E-state index in [0.717, 1.165) is 0 Å². The monoisotopic (exact) mass is 586 g/mol. The number of hydrogen-bond donors (Lipinski definition) is 0. The lowest BCUT2D eigenvalue weighted by Gasteiger charge is -2.29. The minimum absolute atomic E-state index is 0.0153. The molecule has 0 bridgehead atoms. The highest BCUT2D eigenvalue weighted by molar-refractivity contribution is 6.27. The van der Waals surface area contributed by atoms with E-state index < -0.39 is 0 Å². The lowest BCUT2D eigenvalue weighted by atomic mass is 9.74. The van der Waals surface area contributed by atoms with Crippen LogP contribution in [0, 0.1) is 0 Å². The molecular formula is C46H34. The van der Waals surface area contributed by atoms with Gasteiger partial charge < -0.3 is 0 Å². The van der Waals surface area contributed by atoms with Crippen molar-refractivity contribution < 1.29 is 0 Å². The zero-order valence-electron chi connectivity index (χ0n) is 26.7. The first-order valence-corrected chi connectivity index (χ1v) is 16.9. The summed E-state index contributed by atoms with van der Waals surface area (Å²) in [6.07, 6.45) is 5.27. The van der Waals surface area contributed by atoms with Crippen LogP contribution < -0.4 is 0 Å². The largest absolute Gasteiger partial charge is 0.0713 e. The van der Waals surface area contributed by atoms with Crippen molar-refractivity contribution in [1.29, 1.82) is 0 Å². The Morgan fingerprint density at radius 2 is 1.09 bits per heavy atom. The quantitative estimate of drug-likeness (QED) is 0.168. The summed E-state index contributed by atoms with van der Waals surface area (Å²) >= 11 is 0. The van der Waals surface area contributed by atoms with Crippen molar-refractivity contribution in [2.24, 2.45) is 0 Å².